The van der Waals surface area contributed by atoms with Crippen molar-refractivity contribution in [3.8, 4) is 0 Å². The van der Waals surface area contributed by atoms with Gasteiger partial charge in [0.05, 0.1) is 11.7 Å². The monoisotopic (exact) mass is 317 g/mol. The number of nitrogens with one attached hydrogen (secondary N) is 1. The molecular formula is C17H27N5O. The number of hydrogen-bond donors (Lipinski definition) is 1. The second kappa shape index (κ2) is 7.44. The standard InChI is InChI=1S/C17H27N5O/c1-6-8-13(16-18-9-10-21(16)5)19-17(23)15-11-14(12(3)4)20-22(15)7-2/h9-13H,6-8H2,1-5H3,(H,19,23)/t13-/m0/s1. The van der Waals surface area contributed by atoms with Crippen LogP contribution in [0.2, 0.25) is 0 Å². The Morgan fingerprint density at radius 3 is 2.61 bits per heavy atom. The van der Waals surface area contributed by atoms with Gasteiger partial charge in [0.25, 0.3) is 5.91 Å². The van der Waals surface area contributed by atoms with Gasteiger partial charge in [-0.3, -0.25) is 9.48 Å². The molecule has 126 valence electrons. The molecule has 23 heavy (non-hydrogen) atoms. The fourth-order valence-electron chi connectivity index (χ4n) is 2.64. The van der Waals surface area contributed by atoms with Crippen molar-refractivity contribution in [2.24, 2.45) is 7.05 Å². The van der Waals surface area contributed by atoms with E-state index in [1.165, 1.54) is 0 Å². The number of carbonyl (C=O) groups excluding carboxylic acids is 1. The van der Waals surface area contributed by atoms with Gasteiger partial charge in [0, 0.05) is 26.0 Å². The Kier molecular flexibility index (Phi) is 5.58. The van der Waals surface area contributed by atoms with Crippen molar-refractivity contribution < 1.29 is 4.79 Å². The summed E-state index contributed by atoms with van der Waals surface area (Å²) >= 11 is 0. The summed E-state index contributed by atoms with van der Waals surface area (Å²) in [5.74, 6) is 1.09. The van der Waals surface area contributed by atoms with E-state index in [4.69, 9.17) is 0 Å². The van der Waals surface area contributed by atoms with E-state index in [1.54, 1.807) is 10.9 Å². The molecule has 0 bridgehead atoms. The predicted octanol–water partition coefficient (Wildman–Crippen LogP) is 3.03. The third-order valence-electron chi connectivity index (χ3n) is 3.98. The van der Waals surface area contributed by atoms with Gasteiger partial charge in [-0.05, 0) is 25.3 Å². The van der Waals surface area contributed by atoms with Gasteiger partial charge in [-0.1, -0.05) is 27.2 Å². The quantitative estimate of drug-likeness (QED) is 0.853. The van der Waals surface area contributed by atoms with Crippen LogP contribution in [0.3, 0.4) is 0 Å². The Morgan fingerprint density at radius 2 is 2.09 bits per heavy atom. The van der Waals surface area contributed by atoms with Gasteiger partial charge >= 0.3 is 0 Å². The van der Waals surface area contributed by atoms with Crippen LogP contribution in [0.1, 0.15) is 74.5 Å². The zero-order valence-corrected chi connectivity index (χ0v) is 14.7. The first-order chi connectivity index (χ1) is 11.0. The summed E-state index contributed by atoms with van der Waals surface area (Å²) < 4.78 is 3.73. The van der Waals surface area contributed by atoms with Crippen LogP contribution in [0.5, 0.6) is 0 Å². The lowest BCUT2D eigenvalue weighted by molar-refractivity contribution is 0.0921. The minimum Gasteiger partial charge on any atom is -0.341 e. The third-order valence-corrected chi connectivity index (χ3v) is 3.98. The number of hydrogen-bond acceptors (Lipinski definition) is 3. The Bertz CT molecular complexity index is 656. The second-order valence-corrected chi connectivity index (χ2v) is 6.14. The van der Waals surface area contributed by atoms with E-state index in [1.807, 2.05) is 30.8 Å². The smallest absolute Gasteiger partial charge is 0.270 e. The molecule has 0 saturated carbocycles. The fourth-order valence-corrected chi connectivity index (χ4v) is 2.64. The predicted molar refractivity (Wildman–Crippen MR) is 90.3 cm³/mol. The lowest BCUT2D eigenvalue weighted by Crippen LogP contribution is -2.31. The normalized spacial score (nSPS) is 12.6. The number of nitrogens with zero attached hydrogens (tertiary/aromatic N) is 4. The van der Waals surface area contributed by atoms with E-state index < -0.39 is 0 Å². The molecule has 0 saturated heterocycles. The summed E-state index contributed by atoms with van der Waals surface area (Å²) in [4.78, 5) is 17.1. The van der Waals surface area contributed by atoms with Crippen molar-refractivity contribution >= 4 is 5.91 Å². The average Bonchev–Trinajstić information content (AvgIpc) is 3.12. The highest BCUT2D eigenvalue weighted by molar-refractivity contribution is 5.93. The van der Waals surface area contributed by atoms with Crippen LogP contribution >= 0.6 is 0 Å². The summed E-state index contributed by atoms with van der Waals surface area (Å²) in [5, 5.41) is 7.64. The summed E-state index contributed by atoms with van der Waals surface area (Å²) in [5.41, 5.74) is 1.56. The van der Waals surface area contributed by atoms with Crippen molar-refractivity contribution in [2.75, 3.05) is 0 Å². The molecule has 1 amide bonds. The van der Waals surface area contributed by atoms with E-state index in [0.717, 1.165) is 24.4 Å². The average molecular weight is 317 g/mol. The van der Waals surface area contributed by atoms with Gasteiger partial charge in [-0.15, -0.1) is 0 Å². The minimum atomic E-state index is -0.0901. The van der Waals surface area contributed by atoms with E-state index in [9.17, 15) is 4.79 Å². The van der Waals surface area contributed by atoms with Crippen molar-refractivity contribution in [2.45, 2.75) is 59.0 Å². The SMILES string of the molecule is CCC[C@H](NC(=O)c1cc(C(C)C)nn1CC)c1nccn1C. The molecular weight excluding hydrogens is 290 g/mol. The zero-order chi connectivity index (χ0) is 17.0. The fraction of sp³-hybridized carbons (Fsp3) is 0.588. The van der Waals surface area contributed by atoms with Crippen LogP contribution in [-0.2, 0) is 13.6 Å². The Labute approximate surface area is 137 Å². The maximum Gasteiger partial charge on any atom is 0.270 e. The summed E-state index contributed by atoms with van der Waals surface area (Å²) in [6.07, 6.45) is 5.49. The van der Waals surface area contributed by atoms with Crippen LogP contribution in [0.15, 0.2) is 18.5 Å². The molecule has 2 aromatic heterocycles. The van der Waals surface area contributed by atoms with Gasteiger partial charge in [-0.25, -0.2) is 4.98 Å². The van der Waals surface area contributed by atoms with E-state index in [2.05, 4.69) is 36.2 Å². The van der Waals surface area contributed by atoms with Crippen molar-refractivity contribution in [3.63, 3.8) is 0 Å². The van der Waals surface area contributed by atoms with Crippen LogP contribution < -0.4 is 5.32 Å². The van der Waals surface area contributed by atoms with Gasteiger partial charge in [0.15, 0.2) is 0 Å². The van der Waals surface area contributed by atoms with Crippen LogP contribution in [0, 0.1) is 0 Å². The molecule has 6 heteroatoms. The molecule has 0 aliphatic rings. The molecule has 2 aromatic rings. The molecule has 1 N–H and O–H groups in total. The first-order valence-corrected chi connectivity index (χ1v) is 8.33. The molecule has 0 unspecified atom stereocenters. The highest BCUT2D eigenvalue weighted by atomic mass is 16.2. The summed E-state index contributed by atoms with van der Waals surface area (Å²) in [6.45, 7) is 8.94. The highest BCUT2D eigenvalue weighted by Gasteiger charge is 2.22. The zero-order valence-electron chi connectivity index (χ0n) is 14.7. The minimum absolute atomic E-state index is 0.0878. The van der Waals surface area contributed by atoms with E-state index in [-0.39, 0.29) is 11.9 Å². The van der Waals surface area contributed by atoms with Crippen LogP contribution in [0.25, 0.3) is 0 Å². The molecule has 2 rings (SSSR count). The molecule has 0 fully saturated rings. The molecule has 0 aliphatic heterocycles. The van der Waals surface area contributed by atoms with Gasteiger partial charge in [0.2, 0.25) is 0 Å². The number of aromatic nitrogens is 4. The van der Waals surface area contributed by atoms with Crippen molar-refractivity contribution in [1.29, 1.82) is 0 Å². The third kappa shape index (κ3) is 3.81. The summed E-state index contributed by atoms with van der Waals surface area (Å²) in [7, 11) is 1.95. The number of rotatable bonds is 7. The number of amides is 1. The Hall–Kier alpha value is -2.11. The van der Waals surface area contributed by atoms with Crippen LogP contribution in [-0.4, -0.2) is 25.2 Å². The van der Waals surface area contributed by atoms with Gasteiger partial charge in [0.1, 0.15) is 11.5 Å². The van der Waals surface area contributed by atoms with Gasteiger partial charge in [-0.2, -0.15) is 5.10 Å². The van der Waals surface area contributed by atoms with Crippen molar-refractivity contribution in [3.05, 3.63) is 35.7 Å². The first-order valence-electron chi connectivity index (χ1n) is 8.33. The highest BCUT2D eigenvalue weighted by Crippen LogP contribution is 2.19. The van der Waals surface area contributed by atoms with Crippen LogP contribution in [0.4, 0.5) is 0 Å². The number of carbonyl (C=O) groups is 1. The molecule has 1 atom stereocenters. The lowest BCUT2D eigenvalue weighted by atomic mass is 10.1. The topological polar surface area (TPSA) is 64.7 Å². The Balaban J connectivity index is 2.24. The van der Waals surface area contributed by atoms with Crippen molar-refractivity contribution in [1.82, 2.24) is 24.6 Å². The molecule has 6 nitrogen and oxygen atoms in total. The molecule has 2 heterocycles. The molecule has 0 aliphatic carbocycles. The first kappa shape index (κ1) is 17.2. The molecule has 0 spiro atoms. The summed E-state index contributed by atoms with van der Waals surface area (Å²) in [6, 6.07) is 1.81. The Morgan fingerprint density at radius 1 is 1.35 bits per heavy atom. The second-order valence-electron chi connectivity index (χ2n) is 6.14. The van der Waals surface area contributed by atoms with Gasteiger partial charge < -0.3 is 9.88 Å². The number of aryl methyl sites for hydroxylation is 2. The number of imidazole rings is 1. The van der Waals surface area contributed by atoms with E-state index in [0.29, 0.717) is 18.2 Å². The van der Waals surface area contributed by atoms with E-state index >= 15 is 0 Å². The maximum absolute atomic E-state index is 12.7. The lowest BCUT2D eigenvalue weighted by Gasteiger charge is -2.18. The largest absolute Gasteiger partial charge is 0.341 e. The molecule has 0 radical (unpaired) electrons. The molecule has 0 aromatic carbocycles. The maximum atomic E-state index is 12.7.